The number of hydrogen-bond acceptors (Lipinski definition) is 6. The topological polar surface area (TPSA) is 68.2 Å². The molecule has 0 aromatic heterocycles. The molecule has 0 amide bonds. The van der Waals surface area contributed by atoms with E-state index in [1.807, 2.05) is 0 Å². The van der Waals surface area contributed by atoms with Gasteiger partial charge in [0.15, 0.2) is 0 Å². The molecule has 2 atom stereocenters. The van der Waals surface area contributed by atoms with E-state index in [9.17, 15) is 9.69 Å². The zero-order valence-electron chi connectivity index (χ0n) is 25.1. The first-order chi connectivity index (χ1) is 18.6. The third-order valence-corrected chi connectivity index (χ3v) is 8.29. The minimum Gasteiger partial charge on any atom is -0.381 e. The number of hydrogen-bond donors (Lipinski definition) is 1. The van der Waals surface area contributed by atoms with Gasteiger partial charge in [-0.15, -0.1) is 0 Å². The predicted octanol–water partition coefficient (Wildman–Crippen LogP) is 8.60. The normalized spacial score (nSPS) is 15.8. The highest BCUT2D eigenvalue weighted by molar-refractivity contribution is 7.40. The molecule has 1 aliphatic rings. The van der Waals surface area contributed by atoms with Gasteiger partial charge < -0.3 is 28.4 Å². The van der Waals surface area contributed by atoms with Crippen LogP contribution in [0.25, 0.3) is 0 Å². The van der Waals surface area contributed by atoms with Gasteiger partial charge in [-0.05, 0) is 58.7 Å². The molecule has 38 heavy (non-hydrogen) atoms. The number of ketones is 1. The summed E-state index contributed by atoms with van der Waals surface area (Å²) < 4.78 is 16.8. The van der Waals surface area contributed by atoms with Crippen molar-refractivity contribution < 1.29 is 23.5 Å². The molecule has 0 radical (unpaired) electrons. The monoisotopic (exact) mass is 559 g/mol. The molecule has 0 spiro atoms. The van der Waals surface area contributed by atoms with E-state index in [0.717, 1.165) is 32.4 Å². The number of carbonyl (C=O) groups is 1. The second kappa shape index (κ2) is 27.1. The smallest absolute Gasteiger partial charge is 0.329 e. The van der Waals surface area contributed by atoms with Crippen molar-refractivity contribution in [3.05, 3.63) is 0 Å². The molecule has 0 bridgehead atoms. The van der Waals surface area contributed by atoms with Crippen LogP contribution < -0.4 is 0 Å². The average molecular weight is 560 g/mol. The standard InChI is InChI=1S/C31H62NO5P/c1-3-4-5-6-7-8-9-10-11-12-13-14-15-16-20-25-35-28-31(27-30(2)33)29-37-38(34)36-26-21-19-24-32-22-17-18-23-32/h31,34H,3-29H2,1-2H3. The Morgan fingerprint density at radius 2 is 1.26 bits per heavy atom. The lowest BCUT2D eigenvalue weighted by Crippen LogP contribution is -2.20. The lowest BCUT2D eigenvalue weighted by molar-refractivity contribution is -0.118. The van der Waals surface area contributed by atoms with Gasteiger partial charge in [-0.1, -0.05) is 96.8 Å². The zero-order chi connectivity index (χ0) is 27.5. The molecule has 0 aromatic rings. The Balaban J connectivity index is 1.91. The van der Waals surface area contributed by atoms with Crippen molar-refractivity contribution in [2.45, 2.75) is 142 Å². The van der Waals surface area contributed by atoms with Crippen LogP contribution in [0.3, 0.4) is 0 Å². The first kappa shape index (κ1) is 35.9. The van der Waals surface area contributed by atoms with Gasteiger partial charge in [0.2, 0.25) is 0 Å². The molecule has 6 nitrogen and oxygen atoms in total. The Morgan fingerprint density at radius 1 is 0.737 bits per heavy atom. The van der Waals surface area contributed by atoms with Crippen LogP contribution in [0.4, 0.5) is 0 Å². The van der Waals surface area contributed by atoms with E-state index in [1.54, 1.807) is 6.92 Å². The zero-order valence-corrected chi connectivity index (χ0v) is 26.0. The van der Waals surface area contributed by atoms with E-state index in [2.05, 4.69) is 11.8 Å². The number of ether oxygens (including phenoxy) is 1. The van der Waals surface area contributed by atoms with Gasteiger partial charge in [-0.25, -0.2) is 0 Å². The molecule has 2 unspecified atom stereocenters. The maximum absolute atomic E-state index is 11.6. The average Bonchev–Trinajstić information content (AvgIpc) is 3.42. The highest BCUT2D eigenvalue weighted by Gasteiger charge is 2.16. The molecule has 1 aliphatic heterocycles. The molecule has 1 saturated heterocycles. The molecule has 1 rings (SSSR count). The molecule has 1 fully saturated rings. The van der Waals surface area contributed by atoms with Gasteiger partial charge in [0, 0.05) is 18.9 Å². The van der Waals surface area contributed by atoms with Crippen molar-refractivity contribution in [3.8, 4) is 0 Å². The number of likely N-dealkylation sites (tertiary alicyclic amines) is 1. The quantitative estimate of drug-likeness (QED) is 0.0731. The molecule has 1 N–H and O–H groups in total. The fraction of sp³-hybridized carbons (Fsp3) is 0.968. The van der Waals surface area contributed by atoms with E-state index < -0.39 is 8.60 Å². The molecule has 7 heteroatoms. The first-order valence-corrected chi connectivity index (χ1v) is 17.3. The van der Waals surface area contributed by atoms with Crippen LogP contribution in [-0.4, -0.2) is 61.6 Å². The van der Waals surface area contributed by atoms with Gasteiger partial charge in [-0.2, -0.15) is 0 Å². The van der Waals surface area contributed by atoms with Crippen molar-refractivity contribution >= 4 is 14.4 Å². The molecule has 0 saturated carbocycles. The largest absolute Gasteiger partial charge is 0.381 e. The molecular formula is C31H62NO5P. The predicted molar refractivity (Wildman–Crippen MR) is 160 cm³/mol. The SMILES string of the molecule is CCCCCCCCCCCCCCCCCOCC(COP(O)OCCCCN1CCCC1)CC(C)=O. The van der Waals surface area contributed by atoms with Crippen LogP contribution in [-0.2, 0) is 18.6 Å². The van der Waals surface area contributed by atoms with Crippen molar-refractivity contribution in [1.29, 1.82) is 0 Å². The van der Waals surface area contributed by atoms with Crippen molar-refractivity contribution in [3.63, 3.8) is 0 Å². The van der Waals surface area contributed by atoms with E-state index in [1.165, 1.54) is 116 Å². The minimum atomic E-state index is -1.89. The van der Waals surface area contributed by atoms with Gasteiger partial charge >= 0.3 is 8.60 Å². The van der Waals surface area contributed by atoms with E-state index >= 15 is 0 Å². The fourth-order valence-electron chi connectivity index (χ4n) is 5.19. The van der Waals surface area contributed by atoms with Gasteiger partial charge in [0.25, 0.3) is 0 Å². The minimum absolute atomic E-state index is 0.0280. The summed E-state index contributed by atoms with van der Waals surface area (Å²) in [4.78, 5) is 24.2. The summed E-state index contributed by atoms with van der Waals surface area (Å²) in [5.41, 5.74) is 0. The lowest BCUT2D eigenvalue weighted by atomic mass is 10.0. The van der Waals surface area contributed by atoms with Crippen LogP contribution in [0, 0.1) is 5.92 Å². The second-order valence-corrected chi connectivity index (χ2v) is 12.4. The molecule has 1 heterocycles. The number of unbranched alkanes of at least 4 members (excludes halogenated alkanes) is 15. The molecule has 226 valence electrons. The van der Waals surface area contributed by atoms with Gasteiger partial charge in [-0.3, -0.25) is 0 Å². The van der Waals surface area contributed by atoms with Gasteiger partial charge in [0.05, 0.1) is 19.8 Å². The Labute approximate surface area is 236 Å². The molecule has 0 aliphatic carbocycles. The van der Waals surface area contributed by atoms with Crippen molar-refractivity contribution in [1.82, 2.24) is 4.90 Å². The second-order valence-electron chi connectivity index (χ2n) is 11.4. The van der Waals surface area contributed by atoms with Crippen LogP contribution in [0.5, 0.6) is 0 Å². The van der Waals surface area contributed by atoms with Crippen molar-refractivity contribution in [2.24, 2.45) is 5.92 Å². The number of rotatable bonds is 29. The molecule has 0 aromatic carbocycles. The highest BCUT2D eigenvalue weighted by atomic mass is 31.2. The Kier molecular flexibility index (Phi) is 25.6. The number of Topliss-reactive ketones (excluding diaryl/α,β-unsaturated/α-hetero) is 1. The van der Waals surface area contributed by atoms with Crippen molar-refractivity contribution in [2.75, 3.05) is 46.1 Å². The van der Waals surface area contributed by atoms with Crippen LogP contribution in [0.15, 0.2) is 0 Å². The summed E-state index contributed by atoms with van der Waals surface area (Å²) in [6.07, 6.45) is 25.4. The number of nitrogens with zero attached hydrogens (tertiary/aromatic N) is 1. The third kappa shape index (κ3) is 23.8. The third-order valence-electron chi connectivity index (χ3n) is 7.51. The molecular weight excluding hydrogens is 497 g/mol. The summed E-state index contributed by atoms with van der Waals surface area (Å²) in [5.74, 6) is 0.0963. The van der Waals surface area contributed by atoms with E-state index in [4.69, 9.17) is 13.8 Å². The summed E-state index contributed by atoms with van der Waals surface area (Å²) >= 11 is 0. The van der Waals surface area contributed by atoms with Gasteiger partial charge in [0.1, 0.15) is 5.78 Å². The van der Waals surface area contributed by atoms with Crippen LogP contribution in [0.2, 0.25) is 0 Å². The maximum atomic E-state index is 11.6. The highest BCUT2D eigenvalue weighted by Crippen LogP contribution is 2.34. The Hall–Kier alpha value is -0.100. The number of carbonyl (C=O) groups excluding carboxylic acids is 1. The first-order valence-electron chi connectivity index (χ1n) is 16.2. The summed E-state index contributed by atoms with van der Waals surface area (Å²) in [5, 5.41) is 0. The fourth-order valence-corrected chi connectivity index (χ4v) is 5.89. The van der Waals surface area contributed by atoms with Crippen LogP contribution >= 0.6 is 8.60 Å². The lowest BCUT2D eigenvalue weighted by Gasteiger charge is -2.18. The Bertz CT molecular complexity index is 518. The summed E-state index contributed by atoms with van der Waals surface area (Å²) in [6.45, 7) is 9.47. The maximum Gasteiger partial charge on any atom is 0.329 e. The Morgan fingerprint density at radius 3 is 1.82 bits per heavy atom. The van der Waals surface area contributed by atoms with E-state index in [0.29, 0.717) is 26.2 Å². The van der Waals surface area contributed by atoms with Crippen LogP contribution in [0.1, 0.15) is 142 Å². The summed E-state index contributed by atoms with van der Waals surface area (Å²) in [6, 6.07) is 0. The van der Waals surface area contributed by atoms with E-state index in [-0.39, 0.29) is 11.7 Å². The summed E-state index contributed by atoms with van der Waals surface area (Å²) in [7, 11) is -1.89.